The van der Waals surface area contributed by atoms with Gasteiger partial charge in [-0.2, -0.15) is 20.4 Å². The predicted octanol–water partition coefficient (Wildman–Crippen LogP) is 14.9. The molecule has 0 N–H and O–H groups in total. The second kappa shape index (κ2) is 19.5. The Bertz CT molecular complexity index is 3690. The van der Waals surface area contributed by atoms with Crippen molar-refractivity contribution < 1.29 is 18.9 Å². The third-order valence-electron chi connectivity index (χ3n) is 12.7. The lowest BCUT2D eigenvalue weighted by Crippen LogP contribution is -2.15. The summed E-state index contributed by atoms with van der Waals surface area (Å²) >= 11 is 4.81. The average Bonchev–Trinajstić information content (AvgIpc) is 4.28. The third-order valence-corrected chi connectivity index (χ3v) is 15.8. The van der Waals surface area contributed by atoms with E-state index in [0.29, 0.717) is 37.9 Å². The van der Waals surface area contributed by atoms with Gasteiger partial charge in [0.15, 0.2) is 23.0 Å². The quantitative estimate of drug-likeness (QED) is 0.0899. The summed E-state index contributed by atoms with van der Waals surface area (Å²) in [7, 11) is 0. The Balaban J connectivity index is 0.664. The second-order valence-corrected chi connectivity index (χ2v) is 20.5. The zero-order chi connectivity index (χ0) is 48.5. The van der Waals surface area contributed by atoms with Gasteiger partial charge in [-0.05, 0) is 96.1 Å². The zero-order valence-corrected chi connectivity index (χ0v) is 41.4. The SMILES string of the molecule is C(=C\c1sc(/C=N/N=C/c2ccc(-n3c4ccccc4c4ccccc43)cc2)c2c1OCCO2)/c1ccc(/C=C/c2sc(/C=N/N=C/c3ccc(-n4c5ccccc5c5ccccc54)cc3)c3c2OCCO3)s1. The van der Waals surface area contributed by atoms with Gasteiger partial charge < -0.3 is 28.1 Å². The zero-order valence-electron chi connectivity index (χ0n) is 39.0. The third kappa shape index (κ3) is 8.63. The molecule has 13 heteroatoms. The first-order chi connectivity index (χ1) is 36.2. The van der Waals surface area contributed by atoms with E-state index in [9.17, 15) is 0 Å². The van der Waals surface area contributed by atoms with Crippen LogP contribution in [0.3, 0.4) is 0 Å². The number of para-hydroxylation sites is 4. The topological polar surface area (TPSA) is 96.2 Å². The lowest BCUT2D eigenvalue weighted by molar-refractivity contribution is 0.173. The monoisotopic (exact) mass is 1010 g/mol. The van der Waals surface area contributed by atoms with Gasteiger partial charge in [0, 0.05) is 42.7 Å². The van der Waals surface area contributed by atoms with E-state index >= 15 is 0 Å². The van der Waals surface area contributed by atoms with Crippen molar-refractivity contribution in [2.24, 2.45) is 20.4 Å². The molecule has 0 bridgehead atoms. The first-order valence-electron chi connectivity index (χ1n) is 23.8. The highest BCUT2D eigenvalue weighted by atomic mass is 32.1. The Labute approximate surface area is 431 Å². The maximum Gasteiger partial charge on any atom is 0.181 e. The van der Waals surface area contributed by atoms with Crippen LogP contribution >= 0.6 is 34.0 Å². The molecule has 0 aliphatic carbocycles. The molecular formula is C60H42N6O4S3. The summed E-state index contributed by atoms with van der Waals surface area (Å²) in [5.41, 5.74) is 8.79. The van der Waals surface area contributed by atoms with Gasteiger partial charge in [0.2, 0.25) is 0 Å². The first-order valence-corrected chi connectivity index (χ1v) is 26.3. The summed E-state index contributed by atoms with van der Waals surface area (Å²) < 4.78 is 29.0. The van der Waals surface area contributed by atoms with E-state index in [0.717, 1.165) is 63.3 Å². The molecule has 6 aromatic carbocycles. The largest absolute Gasteiger partial charge is 0.485 e. The minimum absolute atomic E-state index is 0.476. The van der Waals surface area contributed by atoms with Gasteiger partial charge in [0.1, 0.15) is 26.4 Å². The molecule has 7 heterocycles. The Kier molecular flexibility index (Phi) is 11.9. The van der Waals surface area contributed by atoms with Crippen LogP contribution in [0.5, 0.6) is 23.0 Å². The van der Waals surface area contributed by atoms with Gasteiger partial charge in [-0.3, -0.25) is 0 Å². The molecule has 0 saturated carbocycles. The molecule has 13 rings (SSSR count). The summed E-state index contributed by atoms with van der Waals surface area (Å²) in [6.07, 6.45) is 15.4. The number of aromatic nitrogens is 2. The molecule has 0 fully saturated rings. The molecule has 0 amide bonds. The molecule has 2 aliphatic rings. The Morgan fingerprint density at radius 2 is 0.658 bits per heavy atom. The Hall–Kier alpha value is -8.62. The fourth-order valence-corrected chi connectivity index (χ4v) is 12.2. The maximum absolute atomic E-state index is 6.11. The molecular weight excluding hydrogens is 965 g/mol. The van der Waals surface area contributed by atoms with Gasteiger partial charge in [0.25, 0.3) is 0 Å². The molecule has 5 aromatic heterocycles. The van der Waals surface area contributed by atoms with Crippen LogP contribution in [-0.2, 0) is 0 Å². The van der Waals surface area contributed by atoms with Crippen LogP contribution in [0.4, 0.5) is 0 Å². The minimum Gasteiger partial charge on any atom is -0.485 e. The van der Waals surface area contributed by atoms with Crippen LogP contribution in [0.25, 0.3) is 79.3 Å². The highest BCUT2D eigenvalue weighted by molar-refractivity contribution is 7.16. The molecule has 354 valence electrons. The highest BCUT2D eigenvalue weighted by Gasteiger charge is 2.24. The standard InChI is InChI=1S/C60H42N6O4S3/c1-5-13-49-45(9-1)46-10-2-6-14-50(46)65(49)41-21-17-39(18-22-41)35-61-63-37-55-59-57(67-31-33-69-59)53(72-55)29-27-43-25-26-44(71-43)28-30-54-58-60(70-34-32-68-58)56(73-54)38-64-62-36-40-19-23-42(24-20-40)66-51-15-7-3-11-47(51)48-12-4-8-16-52(48)66/h1-30,35-38H,31-34H2/b29-27+,30-28+,61-35+,62-36+,63-37+,64-38+. The van der Waals surface area contributed by atoms with Crippen molar-refractivity contribution in [3.8, 4) is 34.4 Å². The summed E-state index contributed by atoms with van der Waals surface area (Å²) in [6, 6.07) is 55.0. The van der Waals surface area contributed by atoms with Gasteiger partial charge in [-0.15, -0.1) is 34.0 Å². The van der Waals surface area contributed by atoms with Crippen molar-refractivity contribution in [1.82, 2.24) is 9.13 Å². The molecule has 0 radical (unpaired) electrons. The Morgan fingerprint density at radius 3 is 1.03 bits per heavy atom. The van der Waals surface area contributed by atoms with E-state index in [1.807, 2.05) is 0 Å². The highest BCUT2D eigenvalue weighted by Crippen LogP contribution is 2.46. The summed E-state index contributed by atoms with van der Waals surface area (Å²) in [5.74, 6) is 2.86. The molecule has 2 aliphatic heterocycles. The van der Waals surface area contributed by atoms with E-state index in [-0.39, 0.29) is 0 Å². The van der Waals surface area contributed by atoms with Crippen molar-refractivity contribution >= 4 is 127 Å². The molecule has 73 heavy (non-hydrogen) atoms. The fourth-order valence-electron chi connectivity index (χ4n) is 9.44. The number of rotatable bonds is 12. The number of ether oxygens (including phenoxy) is 4. The summed E-state index contributed by atoms with van der Waals surface area (Å²) in [4.78, 5) is 5.82. The smallest absolute Gasteiger partial charge is 0.181 e. The maximum atomic E-state index is 6.11. The summed E-state index contributed by atoms with van der Waals surface area (Å²) in [5, 5.41) is 22.6. The molecule has 10 nitrogen and oxygen atoms in total. The fraction of sp³-hybridized carbons (Fsp3) is 0.0667. The number of fused-ring (bicyclic) bond motifs is 8. The number of benzene rings is 6. The van der Waals surface area contributed by atoms with Crippen LogP contribution in [0.1, 0.15) is 40.4 Å². The van der Waals surface area contributed by atoms with Crippen molar-refractivity contribution in [3.05, 3.63) is 198 Å². The van der Waals surface area contributed by atoms with E-state index in [4.69, 9.17) is 18.9 Å². The van der Waals surface area contributed by atoms with Gasteiger partial charge in [-0.25, -0.2) is 0 Å². The van der Waals surface area contributed by atoms with Crippen LogP contribution in [0, 0.1) is 0 Å². The van der Waals surface area contributed by atoms with Crippen LogP contribution in [-0.4, -0.2) is 60.4 Å². The predicted molar refractivity (Wildman–Crippen MR) is 305 cm³/mol. The Morgan fingerprint density at radius 1 is 0.329 bits per heavy atom. The van der Waals surface area contributed by atoms with Crippen molar-refractivity contribution in [2.45, 2.75) is 0 Å². The van der Waals surface area contributed by atoms with Gasteiger partial charge >= 0.3 is 0 Å². The van der Waals surface area contributed by atoms with Crippen molar-refractivity contribution in [1.29, 1.82) is 0 Å². The first kappa shape index (κ1) is 44.3. The number of thiophene rings is 3. The van der Waals surface area contributed by atoms with E-state index in [1.54, 1.807) is 58.9 Å². The molecule has 0 saturated heterocycles. The van der Waals surface area contributed by atoms with E-state index in [2.05, 4.69) is 212 Å². The van der Waals surface area contributed by atoms with Crippen LogP contribution < -0.4 is 18.9 Å². The number of hydrogen-bond donors (Lipinski definition) is 0. The molecule has 0 spiro atoms. The second-order valence-electron chi connectivity index (χ2n) is 17.2. The van der Waals surface area contributed by atoms with E-state index < -0.39 is 0 Å². The summed E-state index contributed by atoms with van der Waals surface area (Å²) in [6.45, 7) is 1.93. The average molecular weight is 1010 g/mol. The lowest BCUT2D eigenvalue weighted by Gasteiger charge is -2.15. The molecule has 11 aromatic rings. The molecule has 0 atom stereocenters. The minimum atomic E-state index is 0.476. The van der Waals surface area contributed by atoms with Gasteiger partial charge in [0.05, 0.1) is 66.4 Å². The van der Waals surface area contributed by atoms with Crippen LogP contribution in [0.15, 0.2) is 178 Å². The number of hydrogen-bond acceptors (Lipinski definition) is 11. The van der Waals surface area contributed by atoms with Crippen LogP contribution in [0.2, 0.25) is 0 Å². The number of nitrogens with zero attached hydrogens (tertiary/aromatic N) is 6. The molecule has 0 unspecified atom stereocenters. The lowest BCUT2D eigenvalue weighted by atomic mass is 10.2. The van der Waals surface area contributed by atoms with Crippen molar-refractivity contribution in [2.75, 3.05) is 26.4 Å². The normalized spacial score (nSPS) is 13.9. The van der Waals surface area contributed by atoms with Crippen molar-refractivity contribution in [3.63, 3.8) is 0 Å². The van der Waals surface area contributed by atoms with Gasteiger partial charge in [-0.1, -0.05) is 97.1 Å². The van der Waals surface area contributed by atoms with E-state index in [1.165, 1.54) is 43.6 Å².